The number of anilines is 3. The molecule has 1 aliphatic rings. The van der Waals surface area contributed by atoms with Crippen LogP contribution in [-0.2, 0) is 11.0 Å². The first-order valence-corrected chi connectivity index (χ1v) is 10.6. The molecule has 2 aromatic heterocycles. The van der Waals surface area contributed by atoms with Gasteiger partial charge in [0.25, 0.3) is 0 Å². The smallest absolute Gasteiger partial charge is 0.346 e. The minimum Gasteiger partial charge on any atom is -0.346 e. The maximum Gasteiger partial charge on any atom is 0.416 e. The lowest BCUT2D eigenvalue weighted by atomic mass is 10.2. The van der Waals surface area contributed by atoms with Gasteiger partial charge in [0.2, 0.25) is 15.6 Å². The molecule has 13 heteroatoms. The quantitative estimate of drug-likeness (QED) is 0.266. The van der Waals surface area contributed by atoms with Crippen molar-refractivity contribution in [3.05, 3.63) is 42.1 Å². The van der Waals surface area contributed by atoms with Crippen molar-refractivity contribution in [2.75, 3.05) is 10.6 Å². The number of carbonyl (C=O) groups excluding carboxylic acids is 1. The van der Waals surface area contributed by atoms with Gasteiger partial charge in [0.1, 0.15) is 17.6 Å². The van der Waals surface area contributed by atoms with Crippen LogP contribution in [0.1, 0.15) is 18.4 Å². The minimum atomic E-state index is -4.43. The number of amides is 1. The molecule has 3 aromatic rings. The first-order valence-electron chi connectivity index (χ1n) is 9.44. The number of nitrogens with one attached hydrogen (secondary N) is 4. The van der Waals surface area contributed by atoms with E-state index >= 15 is 0 Å². The molecule has 4 rings (SSSR count). The van der Waals surface area contributed by atoms with Crippen LogP contribution in [0.15, 0.2) is 36.5 Å². The zero-order chi connectivity index (χ0) is 23.1. The van der Waals surface area contributed by atoms with E-state index < -0.39 is 21.7 Å². The zero-order valence-corrected chi connectivity index (χ0v) is 18.4. The Labute approximate surface area is 195 Å². The van der Waals surface area contributed by atoms with Crippen LogP contribution in [0.3, 0.4) is 0 Å². The third kappa shape index (κ3) is 5.31. The zero-order valence-electron chi connectivity index (χ0n) is 16.1. The normalized spacial score (nSPS) is 15.4. The molecule has 1 saturated carbocycles. The van der Waals surface area contributed by atoms with Gasteiger partial charge in [-0.15, -0.1) is 0 Å². The summed E-state index contributed by atoms with van der Waals surface area (Å²) in [5.41, 5.74) is 0.0374. The number of halogens is 6. The maximum atomic E-state index is 12.8. The number of alkyl halides is 6. The van der Waals surface area contributed by atoms with Gasteiger partial charge in [-0.2, -0.15) is 23.1 Å². The van der Waals surface area contributed by atoms with E-state index in [0.29, 0.717) is 22.5 Å². The highest BCUT2D eigenvalue weighted by molar-refractivity contribution is 6.68. The van der Waals surface area contributed by atoms with Crippen molar-refractivity contribution < 1.29 is 18.0 Å². The standard InChI is InChI=1S/C19H16Cl3F3N6O/c20-18(21,22)16(30-15(32)9-1-2-9)31-17-28-13-12(7-8-26-13)14(29-17)27-11-5-3-10(4-6-11)19(23,24)25/h3-9,16H,1-2H2,(H,30,32)(H3,26,27,28,29,31). The van der Waals surface area contributed by atoms with Crippen molar-refractivity contribution in [2.45, 2.75) is 29.0 Å². The summed E-state index contributed by atoms with van der Waals surface area (Å²) in [6.07, 6.45) is -2.39. The van der Waals surface area contributed by atoms with Gasteiger partial charge in [0.05, 0.1) is 10.9 Å². The lowest BCUT2D eigenvalue weighted by Crippen LogP contribution is -2.50. The average Bonchev–Trinajstić information content (AvgIpc) is 3.44. The van der Waals surface area contributed by atoms with E-state index in [9.17, 15) is 18.0 Å². The molecule has 32 heavy (non-hydrogen) atoms. The van der Waals surface area contributed by atoms with E-state index in [4.69, 9.17) is 34.8 Å². The van der Waals surface area contributed by atoms with Crippen molar-refractivity contribution in [1.29, 1.82) is 0 Å². The van der Waals surface area contributed by atoms with Crippen molar-refractivity contribution >= 4 is 69.2 Å². The van der Waals surface area contributed by atoms with Crippen molar-refractivity contribution in [1.82, 2.24) is 20.3 Å². The highest BCUT2D eigenvalue weighted by atomic mass is 35.6. The predicted molar refractivity (Wildman–Crippen MR) is 117 cm³/mol. The molecule has 1 unspecified atom stereocenters. The highest BCUT2D eigenvalue weighted by Crippen LogP contribution is 2.34. The van der Waals surface area contributed by atoms with Crippen LogP contribution in [0.4, 0.5) is 30.6 Å². The highest BCUT2D eigenvalue weighted by Gasteiger charge is 2.38. The Morgan fingerprint density at radius 3 is 2.38 bits per heavy atom. The molecular formula is C19H16Cl3F3N6O. The van der Waals surface area contributed by atoms with Crippen LogP contribution in [0.2, 0.25) is 0 Å². The lowest BCUT2D eigenvalue weighted by Gasteiger charge is -2.26. The van der Waals surface area contributed by atoms with Crippen LogP contribution < -0.4 is 16.0 Å². The van der Waals surface area contributed by atoms with E-state index in [2.05, 4.69) is 30.9 Å². The number of benzene rings is 1. The molecule has 1 atom stereocenters. The molecule has 0 aliphatic heterocycles. The molecule has 0 saturated heterocycles. The number of fused-ring (bicyclic) bond motifs is 1. The van der Waals surface area contributed by atoms with Gasteiger partial charge >= 0.3 is 6.18 Å². The molecule has 0 spiro atoms. The lowest BCUT2D eigenvalue weighted by molar-refractivity contribution is -0.137. The molecule has 1 aromatic carbocycles. The number of aromatic nitrogens is 3. The van der Waals surface area contributed by atoms with Crippen molar-refractivity contribution in [2.24, 2.45) is 5.92 Å². The summed E-state index contributed by atoms with van der Waals surface area (Å²) in [5, 5.41) is 9.00. The Morgan fingerprint density at radius 2 is 1.78 bits per heavy atom. The Bertz CT molecular complexity index is 1130. The summed E-state index contributed by atoms with van der Waals surface area (Å²) in [4.78, 5) is 23.8. The molecule has 1 aliphatic carbocycles. The van der Waals surface area contributed by atoms with E-state index in [0.717, 1.165) is 25.0 Å². The SMILES string of the molecule is O=C(NC(Nc1nc(Nc2ccc(C(F)(F)F)cc2)c2cc[nH]c2n1)C(Cl)(Cl)Cl)C1CC1. The van der Waals surface area contributed by atoms with Crippen LogP contribution in [0, 0.1) is 5.92 Å². The van der Waals surface area contributed by atoms with E-state index in [1.807, 2.05) is 0 Å². The minimum absolute atomic E-state index is 0.0294. The summed E-state index contributed by atoms with van der Waals surface area (Å²) >= 11 is 18.1. The van der Waals surface area contributed by atoms with Crippen LogP contribution in [0.5, 0.6) is 0 Å². The molecular weight excluding hydrogens is 492 g/mol. The number of hydrogen-bond acceptors (Lipinski definition) is 5. The Hall–Kier alpha value is -2.43. The Balaban J connectivity index is 1.60. The summed E-state index contributed by atoms with van der Waals surface area (Å²) in [5.74, 6) is -0.0369. The third-order valence-electron chi connectivity index (χ3n) is 4.73. The first kappa shape index (κ1) is 22.8. The fraction of sp³-hybridized carbons (Fsp3) is 0.316. The largest absolute Gasteiger partial charge is 0.416 e. The molecule has 0 bridgehead atoms. The molecule has 4 N–H and O–H groups in total. The number of rotatable bonds is 6. The van der Waals surface area contributed by atoms with Gasteiger partial charge in [-0.1, -0.05) is 34.8 Å². The van der Waals surface area contributed by atoms with Gasteiger partial charge in [-0.05, 0) is 43.2 Å². The second-order valence-corrected chi connectivity index (χ2v) is 9.61. The number of aromatic amines is 1. The van der Waals surface area contributed by atoms with Gasteiger partial charge in [0, 0.05) is 17.8 Å². The van der Waals surface area contributed by atoms with Gasteiger partial charge in [0.15, 0.2) is 0 Å². The van der Waals surface area contributed by atoms with Crippen LogP contribution in [0.25, 0.3) is 11.0 Å². The van der Waals surface area contributed by atoms with Gasteiger partial charge in [-0.25, -0.2) is 0 Å². The number of H-pyrrole nitrogens is 1. The van der Waals surface area contributed by atoms with Gasteiger partial charge < -0.3 is 20.9 Å². The second-order valence-electron chi connectivity index (χ2n) is 7.24. The maximum absolute atomic E-state index is 12.8. The Morgan fingerprint density at radius 1 is 1.09 bits per heavy atom. The second kappa shape index (κ2) is 8.49. The summed E-state index contributed by atoms with van der Waals surface area (Å²) in [7, 11) is 0. The molecule has 0 radical (unpaired) electrons. The summed E-state index contributed by atoms with van der Waals surface area (Å²) in [6, 6.07) is 6.20. The monoisotopic (exact) mass is 506 g/mol. The molecule has 170 valence electrons. The molecule has 7 nitrogen and oxygen atoms in total. The van der Waals surface area contributed by atoms with Crippen molar-refractivity contribution in [3.8, 4) is 0 Å². The summed E-state index contributed by atoms with van der Waals surface area (Å²) in [6.45, 7) is 0. The number of nitrogens with zero attached hydrogens (tertiary/aromatic N) is 2. The predicted octanol–water partition coefficient (Wildman–Crippen LogP) is 5.35. The fourth-order valence-corrected chi connectivity index (χ4v) is 3.24. The first-order chi connectivity index (χ1) is 15.0. The van der Waals surface area contributed by atoms with E-state index in [-0.39, 0.29) is 17.8 Å². The Kier molecular flexibility index (Phi) is 6.04. The third-order valence-corrected chi connectivity index (χ3v) is 5.38. The van der Waals surface area contributed by atoms with Crippen LogP contribution >= 0.6 is 34.8 Å². The van der Waals surface area contributed by atoms with Crippen LogP contribution in [-0.4, -0.2) is 30.8 Å². The van der Waals surface area contributed by atoms with E-state index in [1.54, 1.807) is 12.3 Å². The van der Waals surface area contributed by atoms with Gasteiger partial charge in [-0.3, -0.25) is 4.79 Å². The average molecular weight is 508 g/mol. The topological polar surface area (TPSA) is 94.7 Å². The fourth-order valence-electron chi connectivity index (χ4n) is 2.91. The summed E-state index contributed by atoms with van der Waals surface area (Å²) < 4.78 is 36.5. The number of carbonyl (C=O) groups is 1. The van der Waals surface area contributed by atoms with E-state index in [1.165, 1.54) is 12.1 Å². The number of hydrogen-bond donors (Lipinski definition) is 4. The molecule has 2 heterocycles. The van der Waals surface area contributed by atoms with Crippen molar-refractivity contribution in [3.63, 3.8) is 0 Å². The molecule has 1 amide bonds. The molecule has 1 fully saturated rings.